The first-order chi connectivity index (χ1) is 7.41. The van der Waals surface area contributed by atoms with Crippen LogP contribution in [0.5, 0.6) is 0 Å². The summed E-state index contributed by atoms with van der Waals surface area (Å²) >= 11 is 5.07. The number of alkyl halides is 2. The highest BCUT2D eigenvalue weighted by Crippen LogP contribution is 2.35. The molecule has 0 bridgehead atoms. The fraction of sp³-hybridized carbons (Fsp3) is 0.917. The molecule has 1 rings (SSSR count). The van der Waals surface area contributed by atoms with Crippen LogP contribution in [0.25, 0.3) is 0 Å². The maximum absolute atomic E-state index is 12.6. The Balaban J connectivity index is 2.61. The molecule has 2 nitrogen and oxygen atoms in total. The lowest BCUT2D eigenvalue weighted by molar-refractivity contribution is -0.158. The third-order valence-electron chi connectivity index (χ3n) is 3.41. The van der Waals surface area contributed by atoms with E-state index in [9.17, 15) is 9.18 Å². The first-order valence-corrected chi connectivity index (χ1v) is 6.34. The summed E-state index contributed by atoms with van der Waals surface area (Å²) in [6.07, 6.45) is 2.83. The summed E-state index contributed by atoms with van der Waals surface area (Å²) in [7, 11) is 0. The minimum atomic E-state index is -2.04. The van der Waals surface area contributed by atoms with E-state index >= 15 is 0 Å². The molecule has 16 heavy (non-hydrogen) atoms. The Bertz CT molecular complexity index is 243. The summed E-state index contributed by atoms with van der Waals surface area (Å²) < 4.78 is 17.7. The number of ether oxygens (including phenoxy) is 1. The zero-order chi connectivity index (χ0) is 12.3. The zero-order valence-electron chi connectivity index (χ0n) is 10.1. The minimum Gasteiger partial charge on any atom is -0.459 e. The first kappa shape index (κ1) is 13.8. The molecule has 1 unspecified atom stereocenters. The van der Waals surface area contributed by atoms with Gasteiger partial charge in [-0.05, 0) is 30.6 Å². The second kappa shape index (κ2) is 5.85. The number of rotatable bonds is 3. The zero-order valence-corrected chi connectivity index (χ0v) is 10.8. The Hall–Kier alpha value is -0.310. The Morgan fingerprint density at radius 3 is 2.56 bits per heavy atom. The van der Waals surface area contributed by atoms with Crippen LogP contribution in [-0.2, 0) is 9.53 Å². The Labute approximate surface area is 101 Å². The van der Waals surface area contributed by atoms with Gasteiger partial charge in [0.15, 0.2) is 0 Å². The topological polar surface area (TPSA) is 26.3 Å². The summed E-state index contributed by atoms with van der Waals surface area (Å²) in [6, 6.07) is 0. The van der Waals surface area contributed by atoms with Gasteiger partial charge in [-0.25, -0.2) is 9.18 Å². The molecule has 1 saturated carbocycles. The molecule has 4 heteroatoms. The van der Waals surface area contributed by atoms with Crippen LogP contribution in [0, 0.1) is 17.8 Å². The standard InChI is InChI=1S/C12H20ClFO2/c1-7(2)9-5-4-8(3)6-10(9)16-12(15)11(13)14/h7-11H,4-6H2,1-3H3/t8-,9-,10+,11?/m1/s1. The largest absolute Gasteiger partial charge is 0.459 e. The first-order valence-electron chi connectivity index (χ1n) is 5.90. The van der Waals surface area contributed by atoms with E-state index in [4.69, 9.17) is 16.3 Å². The van der Waals surface area contributed by atoms with Crippen molar-refractivity contribution in [1.29, 1.82) is 0 Å². The van der Waals surface area contributed by atoms with Gasteiger partial charge in [0, 0.05) is 0 Å². The third kappa shape index (κ3) is 3.62. The van der Waals surface area contributed by atoms with Gasteiger partial charge in [0.2, 0.25) is 0 Å². The molecule has 0 heterocycles. The van der Waals surface area contributed by atoms with Crippen LogP contribution < -0.4 is 0 Å². The highest BCUT2D eigenvalue weighted by molar-refractivity contribution is 6.28. The molecular weight excluding hydrogens is 231 g/mol. The van der Waals surface area contributed by atoms with Gasteiger partial charge in [0.05, 0.1) is 0 Å². The number of halogens is 2. The minimum absolute atomic E-state index is 0.173. The molecule has 0 spiro atoms. The molecule has 1 fully saturated rings. The van der Waals surface area contributed by atoms with Crippen molar-refractivity contribution >= 4 is 17.6 Å². The summed E-state index contributed by atoms with van der Waals surface area (Å²) in [5.41, 5.74) is -2.04. The van der Waals surface area contributed by atoms with E-state index in [1.807, 2.05) is 0 Å². The number of hydrogen-bond acceptors (Lipinski definition) is 2. The van der Waals surface area contributed by atoms with Crippen molar-refractivity contribution in [2.45, 2.75) is 51.8 Å². The van der Waals surface area contributed by atoms with Crippen LogP contribution >= 0.6 is 11.6 Å². The van der Waals surface area contributed by atoms with Crippen LogP contribution in [0.4, 0.5) is 4.39 Å². The van der Waals surface area contributed by atoms with Crippen molar-refractivity contribution in [3.8, 4) is 0 Å². The van der Waals surface area contributed by atoms with Crippen molar-refractivity contribution < 1.29 is 13.9 Å². The van der Waals surface area contributed by atoms with Gasteiger partial charge >= 0.3 is 5.97 Å². The Kier molecular flexibility index (Phi) is 5.03. The summed E-state index contributed by atoms with van der Waals surface area (Å²) in [5.74, 6) is 0.363. The van der Waals surface area contributed by atoms with Crippen molar-refractivity contribution in [1.82, 2.24) is 0 Å². The van der Waals surface area contributed by atoms with Crippen LogP contribution in [0.3, 0.4) is 0 Å². The SMILES string of the molecule is CC(C)[C@H]1CC[C@@H](C)C[C@@H]1OC(=O)C(F)Cl. The van der Waals surface area contributed by atoms with Gasteiger partial charge in [0.1, 0.15) is 6.10 Å². The molecule has 4 atom stereocenters. The van der Waals surface area contributed by atoms with Gasteiger partial charge in [-0.2, -0.15) is 0 Å². The van der Waals surface area contributed by atoms with E-state index in [1.54, 1.807) is 0 Å². The predicted octanol–water partition coefficient (Wildman–Crippen LogP) is 3.52. The van der Waals surface area contributed by atoms with Crippen LogP contribution in [0.2, 0.25) is 0 Å². The van der Waals surface area contributed by atoms with Crippen molar-refractivity contribution in [2.24, 2.45) is 17.8 Å². The number of hydrogen-bond donors (Lipinski definition) is 0. The maximum atomic E-state index is 12.6. The number of carbonyl (C=O) groups excluding carboxylic acids is 1. The molecule has 0 amide bonds. The van der Waals surface area contributed by atoms with E-state index in [-0.39, 0.29) is 6.10 Å². The number of esters is 1. The summed E-state index contributed by atoms with van der Waals surface area (Å²) in [5, 5.41) is 0. The maximum Gasteiger partial charge on any atom is 0.356 e. The fourth-order valence-corrected chi connectivity index (χ4v) is 2.50. The molecule has 0 saturated heterocycles. The van der Waals surface area contributed by atoms with Crippen molar-refractivity contribution in [3.63, 3.8) is 0 Å². The lowest BCUT2D eigenvalue weighted by Gasteiger charge is -2.36. The van der Waals surface area contributed by atoms with Gasteiger partial charge in [0.25, 0.3) is 5.63 Å². The third-order valence-corrected chi connectivity index (χ3v) is 3.59. The number of carbonyl (C=O) groups is 1. The van der Waals surface area contributed by atoms with Crippen LogP contribution in [0.1, 0.15) is 40.0 Å². The van der Waals surface area contributed by atoms with Gasteiger partial charge in [-0.15, -0.1) is 0 Å². The predicted molar refractivity (Wildman–Crippen MR) is 62.0 cm³/mol. The molecule has 0 radical (unpaired) electrons. The van der Waals surface area contributed by atoms with E-state index in [2.05, 4.69) is 20.8 Å². The smallest absolute Gasteiger partial charge is 0.356 e. The Morgan fingerprint density at radius 1 is 1.44 bits per heavy atom. The normalized spacial score (nSPS) is 32.5. The fourth-order valence-electron chi connectivity index (χ4n) is 2.45. The monoisotopic (exact) mass is 250 g/mol. The lowest BCUT2D eigenvalue weighted by Crippen LogP contribution is -2.37. The van der Waals surface area contributed by atoms with E-state index < -0.39 is 11.6 Å². The van der Waals surface area contributed by atoms with Crippen molar-refractivity contribution in [2.75, 3.05) is 0 Å². The van der Waals surface area contributed by atoms with Gasteiger partial charge < -0.3 is 4.74 Å². The molecule has 94 valence electrons. The second-order valence-electron chi connectivity index (χ2n) is 5.10. The van der Waals surface area contributed by atoms with E-state index in [0.29, 0.717) is 17.8 Å². The molecule has 1 aliphatic carbocycles. The van der Waals surface area contributed by atoms with E-state index in [0.717, 1.165) is 19.3 Å². The molecule has 0 aliphatic heterocycles. The molecule has 0 N–H and O–H groups in total. The summed E-state index contributed by atoms with van der Waals surface area (Å²) in [6.45, 7) is 6.34. The molecule has 1 aliphatic rings. The Morgan fingerprint density at radius 2 is 2.06 bits per heavy atom. The lowest BCUT2D eigenvalue weighted by atomic mass is 9.75. The van der Waals surface area contributed by atoms with Crippen molar-refractivity contribution in [3.05, 3.63) is 0 Å². The second-order valence-corrected chi connectivity index (χ2v) is 5.49. The average Bonchev–Trinajstić information content (AvgIpc) is 2.16. The van der Waals surface area contributed by atoms with Gasteiger partial charge in [-0.1, -0.05) is 38.8 Å². The average molecular weight is 251 g/mol. The molecule has 0 aromatic rings. The van der Waals surface area contributed by atoms with Crippen LogP contribution in [0.15, 0.2) is 0 Å². The quantitative estimate of drug-likeness (QED) is 0.566. The summed E-state index contributed by atoms with van der Waals surface area (Å²) in [4.78, 5) is 11.2. The molecular formula is C12H20ClFO2. The van der Waals surface area contributed by atoms with Crippen LogP contribution in [-0.4, -0.2) is 17.7 Å². The highest BCUT2D eigenvalue weighted by atomic mass is 35.5. The molecule has 0 aromatic carbocycles. The van der Waals surface area contributed by atoms with Gasteiger partial charge in [-0.3, -0.25) is 0 Å². The van der Waals surface area contributed by atoms with E-state index in [1.165, 1.54) is 0 Å². The molecule has 0 aromatic heterocycles. The highest BCUT2D eigenvalue weighted by Gasteiger charge is 2.34.